The Hall–Kier alpha value is -3.18. The topological polar surface area (TPSA) is 59.9 Å². The van der Waals surface area contributed by atoms with Crippen LogP contribution in [0.1, 0.15) is 0 Å². The summed E-state index contributed by atoms with van der Waals surface area (Å²) in [6.07, 6.45) is 3.50. The Morgan fingerprint density at radius 2 is 1.86 bits per heavy atom. The molecule has 0 aliphatic carbocycles. The van der Waals surface area contributed by atoms with Gasteiger partial charge in [0.15, 0.2) is 5.82 Å². The van der Waals surface area contributed by atoms with E-state index in [2.05, 4.69) is 22.4 Å². The molecule has 0 aliphatic rings. The highest BCUT2D eigenvalue weighted by molar-refractivity contribution is 6.18. The van der Waals surface area contributed by atoms with Crippen molar-refractivity contribution in [1.29, 1.82) is 0 Å². The van der Waals surface area contributed by atoms with E-state index in [0.29, 0.717) is 18.3 Å². The number of aromatic nitrogens is 3. The van der Waals surface area contributed by atoms with Gasteiger partial charge in [-0.25, -0.2) is 9.97 Å². The van der Waals surface area contributed by atoms with Gasteiger partial charge < -0.3 is 10.1 Å². The Morgan fingerprint density at radius 3 is 2.64 bits per heavy atom. The van der Waals surface area contributed by atoms with Crippen LogP contribution in [0.3, 0.4) is 0 Å². The number of anilines is 1. The van der Waals surface area contributed by atoms with E-state index < -0.39 is 0 Å². The summed E-state index contributed by atoms with van der Waals surface area (Å²) in [6.45, 7) is 0.472. The summed E-state index contributed by atoms with van der Waals surface area (Å²) in [7, 11) is 1.87. The minimum absolute atomic E-state index is 0.452. The average Bonchev–Trinajstić information content (AvgIpc) is 2.77. The van der Waals surface area contributed by atoms with Gasteiger partial charge in [0.05, 0.1) is 16.8 Å². The van der Waals surface area contributed by atoms with Crippen molar-refractivity contribution in [1.82, 2.24) is 15.0 Å². The van der Waals surface area contributed by atoms with Crippen molar-refractivity contribution in [3.05, 3.63) is 67.0 Å². The highest BCUT2D eigenvalue weighted by Gasteiger charge is 2.14. The van der Waals surface area contributed by atoms with Crippen molar-refractivity contribution >= 4 is 28.3 Å². The quantitative estimate of drug-likeness (QED) is 0.468. The van der Waals surface area contributed by atoms with Crippen molar-refractivity contribution in [3.8, 4) is 28.3 Å². The van der Waals surface area contributed by atoms with Crippen LogP contribution in [-0.2, 0) is 0 Å². The first-order chi connectivity index (χ1) is 13.8. The highest BCUT2D eigenvalue weighted by Crippen LogP contribution is 2.34. The number of fused-ring (bicyclic) bond motifs is 1. The first kappa shape index (κ1) is 18.2. The predicted octanol–water partition coefficient (Wildman–Crippen LogP) is 5.02. The van der Waals surface area contributed by atoms with Gasteiger partial charge in [0, 0.05) is 25.0 Å². The van der Waals surface area contributed by atoms with E-state index in [1.807, 2.05) is 49.5 Å². The number of alkyl halides is 1. The summed E-state index contributed by atoms with van der Waals surface area (Å²) in [6, 6.07) is 17.9. The molecular weight excluding hydrogens is 372 g/mol. The maximum absolute atomic E-state index is 5.74. The zero-order chi connectivity index (χ0) is 19.3. The molecule has 4 rings (SSSR count). The van der Waals surface area contributed by atoms with Crippen LogP contribution >= 0.6 is 11.6 Å². The molecule has 6 heteroatoms. The third-order valence-corrected chi connectivity index (χ3v) is 4.53. The highest BCUT2D eigenvalue weighted by atomic mass is 35.5. The van der Waals surface area contributed by atoms with Crippen molar-refractivity contribution in [2.24, 2.45) is 0 Å². The molecule has 2 aromatic carbocycles. The van der Waals surface area contributed by atoms with Crippen molar-refractivity contribution < 1.29 is 4.74 Å². The first-order valence-electron chi connectivity index (χ1n) is 8.98. The molecule has 0 saturated heterocycles. The molecule has 0 aliphatic heterocycles. The van der Waals surface area contributed by atoms with Crippen LogP contribution in [0.2, 0.25) is 0 Å². The lowest BCUT2D eigenvalue weighted by Crippen LogP contribution is -2.00. The van der Waals surface area contributed by atoms with Gasteiger partial charge in [0.25, 0.3) is 0 Å². The van der Waals surface area contributed by atoms with E-state index in [9.17, 15) is 0 Å². The smallest absolute Gasteiger partial charge is 0.163 e. The summed E-state index contributed by atoms with van der Waals surface area (Å²) >= 11 is 5.74. The number of benzene rings is 2. The second kappa shape index (κ2) is 8.23. The molecule has 0 atom stereocenters. The minimum atomic E-state index is 0.452. The molecule has 28 heavy (non-hydrogen) atoms. The molecular formula is C22H19ClN4O. The van der Waals surface area contributed by atoms with Gasteiger partial charge in [0.1, 0.15) is 18.2 Å². The van der Waals surface area contributed by atoms with Crippen molar-refractivity contribution in [2.75, 3.05) is 24.9 Å². The van der Waals surface area contributed by atoms with E-state index in [1.54, 1.807) is 12.4 Å². The lowest BCUT2D eigenvalue weighted by atomic mass is 10.0. The minimum Gasteiger partial charge on any atom is -0.492 e. The van der Waals surface area contributed by atoms with Crippen LogP contribution in [0, 0.1) is 0 Å². The third kappa shape index (κ3) is 3.62. The number of halogens is 1. The van der Waals surface area contributed by atoms with Crippen LogP contribution in [0.4, 0.5) is 5.82 Å². The van der Waals surface area contributed by atoms with Crippen LogP contribution in [0.25, 0.3) is 33.4 Å². The fraction of sp³-hybridized carbons (Fsp3) is 0.136. The number of pyridine rings is 1. The summed E-state index contributed by atoms with van der Waals surface area (Å²) in [5.74, 6) is 2.65. The predicted molar refractivity (Wildman–Crippen MR) is 114 cm³/mol. The molecule has 4 aromatic rings. The first-order valence-corrected chi connectivity index (χ1v) is 9.51. The van der Waals surface area contributed by atoms with Gasteiger partial charge in [0.2, 0.25) is 0 Å². The molecule has 0 unspecified atom stereocenters. The lowest BCUT2D eigenvalue weighted by Gasteiger charge is -2.13. The fourth-order valence-corrected chi connectivity index (χ4v) is 3.22. The second-order valence-corrected chi connectivity index (χ2v) is 6.53. The molecule has 0 spiro atoms. The molecule has 2 heterocycles. The van der Waals surface area contributed by atoms with Gasteiger partial charge in [-0.3, -0.25) is 4.98 Å². The molecule has 1 N–H and O–H groups in total. The van der Waals surface area contributed by atoms with E-state index in [0.717, 1.165) is 39.2 Å². The molecule has 2 aromatic heterocycles. The summed E-state index contributed by atoms with van der Waals surface area (Å²) < 4.78 is 5.68. The fourth-order valence-electron chi connectivity index (χ4n) is 3.14. The maximum atomic E-state index is 5.74. The van der Waals surface area contributed by atoms with Crippen LogP contribution in [-0.4, -0.2) is 34.5 Å². The largest absolute Gasteiger partial charge is 0.492 e. The SMILES string of the molecule is CNc1nc(-c2cccnc2)nc2cccc(-c3cccc(OCCCl)c3)c12. The number of hydrogen-bond donors (Lipinski definition) is 1. The zero-order valence-corrected chi connectivity index (χ0v) is 16.1. The Kier molecular flexibility index (Phi) is 5.35. The molecule has 0 radical (unpaired) electrons. The normalized spacial score (nSPS) is 10.8. The Bertz CT molecular complexity index is 1100. The van der Waals surface area contributed by atoms with Gasteiger partial charge in [-0.2, -0.15) is 0 Å². The summed E-state index contributed by atoms with van der Waals surface area (Å²) in [5, 5.41) is 4.18. The van der Waals surface area contributed by atoms with Gasteiger partial charge in [-0.1, -0.05) is 24.3 Å². The van der Waals surface area contributed by atoms with Gasteiger partial charge in [-0.05, 0) is 41.5 Å². The number of nitrogens with zero attached hydrogens (tertiary/aromatic N) is 3. The molecule has 0 saturated carbocycles. The van der Waals surface area contributed by atoms with Crippen molar-refractivity contribution in [3.63, 3.8) is 0 Å². The van der Waals surface area contributed by atoms with Crippen LogP contribution in [0.5, 0.6) is 5.75 Å². The molecule has 0 bridgehead atoms. The molecule has 0 fully saturated rings. The molecule has 0 amide bonds. The summed E-state index contributed by atoms with van der Waals surface area (Å²) in [5.41, 5.74) is 3.81. The number of ether oxygens (including phenoxy) is 1. The Balaban J connectivity index is 1.87. The molecule has 140 valence electrons. The van der Waals surface area contributed by atoms with E-state index >= 15 is 0 Å². The summed E-state index contributed by atoms with van der Waals surface area (Å²) in [4.78, 5) is 13.7. The van der Waals surface area contributed by atoms with Crippen LogP contribution < -0.4 is 10.1 Å². The number of rotatable bonds is 6. The monoisotopic (exact) mass is 390 g/mol. The third-order valence-electron chi connectivity index (χ3n) is 4.37. The van der Waals surface area contributed by atoms with E-state index in [4.69, 9.17) is 26.3 Å². The Morgan fingerprint density at radius 1 is 1.00 bits per heavy atom. The Labute approximate surface area is 168 Å². The lowest BCUT2D eigenvalue weighted by molar-refractivity contribution is 0.343. The van der Waals surface area contributed by atoms with E-state index in [-0.39, 0.29) is 0 Å². The van der Waals surface area contributed by atoms with E-state index in [1.165, 1.54) is 0 Å². The van der Waals surface area contributed by atoms with Crippen LogP contribution in [0.15, 0.2) is 67.0 Å². The van der Waals surface area contributed by atoms with Gasteiger partial charge >= 0.3 is 0 Å². The van der Waals surface area contributed by atoms with Crippen molar-refractivity contribution in [2.45, 2.75) is 0 Å². The zero-order valence-electron chi connectivity index (χ0n) is 15.4. The van der Waals surface area contributed by atoms with Gasteiger partial charge in [-0.15, -0.1) is 11.6 Å². The number of nitrogens with one attached hydrogen (secondary N) is 1. The average molecular weight is 391 g/mol. The maximum Gasteiger partial charge on any atom is 0.163 e. The number of hydrogen-bond acceptors (Lipinski definition) is 5. The standard InChI is InChI=1S/C22H19ClN4O/c1-24-22-20-18(15-5-2-7-17(13-15)28-12-10-23)8-3-9-19(20)26-21(27-22)16-6-4-11-25-14-16/h2-9,11,13-14H,10,12H2,1H3,(H,24,26,27). The molecule has 5 nitrogen and oxygen atoms in total. The second-order valence-electron chi connectivity index (χ2n) is 6.15.